The highest BCUT2D eigenvalue weighted by Crippen LogP contribution is 2.21. The Morgan fingerprint density at radius 1 is 1.17 bits per heavy atom. The van der Waals surface area contributed by atoms with E-state index in [1.807, 2.05) is 20.8 Å². The summed E-state index contributed by atoms with van der Waals surface area (Å²) in [6.45, 7) is 8.08. The second-order valence-electron chi connectivity index (χ2n) is 4.52. The minimum absolute atomic E-state index is 0.460. The zero-order valence-corrected chi connectivity index (χ0v) is 11.5. The molecule has 0 fully saturated rings. The Hall–Kier alpha value is -1.40. The van der Waals surface area contributed by atoms with E-state index in [4.69, 9.17) is 5.84 Å². The topological polar surface area (TPSA) is 96.1 Å². The standard InChI is InChI=1S/C12H23N5O/c1-5-12(18,6-2)7-14-10-8(3)11(17-13)16-9(4)15-10/h18H,5-7,13H2,1-4H3,(H2,14,15,16,17). The maximum absolute atomic E-state index is 10.2. The van der Waals surface area contributed by atoms with E-state index in [-0.39, 0.29) is 0 Å². The van der Waals surface area contributed by atoms with Crippen LogP contribution < -0.4 is 16.6 Å². The van der Waals surface area contributed by atoms with Gasteiger partial charge in [-0.1, -0.05) is 13.8 Å². The first-order valence-corrected chi connectivity index (χ1v) is 6.24. The fourth-order valence-corrected chi connectivity index (χ4v) is 1.69. The highest BCUT2D eigenvalue weighted by Gasteiger charge is 2.22. The maximum Gasteiger partial charge on any atom is 0.148 e. The molecule has 1 heterocycles. The molecule has 1 rings (SSSR count). The third-order valence-electron chi connectivity index (χ3n) is 3.30. The van der Waals surface area contributed by atoms with Crippen molar-refractivity contribution in [2.45, 2.75) is 46.1 Å². The quantitative estimate of drug-likeness (QED) is 0.451. The molecule has 6 nitrogen and oxygen atoms in total. The van der Waals surface area contributed by atoms with E-state index in [2.05, 4.69) is 20.7 Å². The van der Waals surface area contributed by atoms with Crippen molar-refractivity contribution in [1.82, 2.24) is 9.97 Å². The predicted molar refractivity (Wildman–Crippen MR) is 73.3 cm³/mol. The first-order valence-electron chi connectivity index (χ1n) is 6.24. The first kappa shape index (κ1) is 14.7. The van der Waals surface area contributed by atoms with E-state index in [9.17, 15) is 5.11 Å². The van der Waals surface area contributed by atoms with Crippen LogP contribution >= 0.6 is 0 Å². The first-order chi connectivity index (χ1) is 8.45. The minimum atomic E-state index is -0.707. The van der Waals surface area contributed by atoms with Crippen molar-refractivity contribution in [3.8, 4) is 0 Å². The normalized spacial score (nSPS) is 11.4. The van der Waals surface area contributed by atoms with Crippen molar-refractivity contribution >= 4 is 11.6 Å². The van der Waals surface area contributed by atoms with E-state index in [0.717, 1.165) is 5.56 Å². The Morgan fingerprint density at radius 3 is 2.22 bits per heavy atom. The molecule has 0 spiro atoms. The fourth-order valence-electron chi connectivity index (χ4n) is 1.69. The van der Waals surface area contributed by atoms with Gasteiger partial charge in [0, 0.05) is 12.1 Å². The molecule has 0 aliphatic heterocycles. The van der Waals surface area contributed by atoms with Crippen LogP contribution in [0.15, 0.2) is 0 Å². The van der Waals surface area contributed by atoms with Gasteiger partial charge in [-0.25, -0.2) is 15.8 Å². The van der Waals surface area contributed by atoms with Crippen LogP contribution in [0.25, 0.3) is 0 Å². The second kappa shape index (κ2) is 5.97. The zero-order chi connectivity index (χ0) is 13.8. The van der Waals surface area contributed by atoms with Crippen molar-refractivity contribution in [2.24, 2.45) is 5.84 Å². The van der Waals surface area contributed by atoms with Crippen LogP contribution in [0.2, 0.25) is 0 Å². The van der Waals surface area contributed by atoms with Crippen molar-refractivity contribution in [2.75, 3.05) is 17.3 Å². The number of nitrogens with one attached hydrogen (secondary N) is 2. The average molecular weight is 253 g/mol. The van der Waals surface area contributed by atoms with Crippen LogP contribution in [-0.4, -0.2) is 27.2 Å². The molecule has 5 N–H and O–H groups in total. The molecule has 102 valence electrons. The summed E-state index contributed by atoms with van der Waals surface area (Å²) in [6, 6.07) is 0. The lowest BCUT2D eigenvalue weighted by molar-refractivity contribution is 0.0456. The number of nitrogens with two attached hydrogens (primary N) is 1. The zero-order valence-electron chi connectivity index (χ0n) is 11.5. The van der Waals surface area contributed by atoms with E-state index in [1.165, 1.54) is 0 Å². The molecule has 0 aromatic carbocycles. The van der Waals surface area contributed by atoms with Gasteiger partial charge in [-0.05, 0) is 26.7 Å². The minimum Gasteiger partial charge on any atom is -0.388 e. The number of anilines is 2. The van der Waals surface area contributed by atoms with Gasteiger partial charge in [0.1, 0.15) is 17.5 Å². The summed E-state index contributed by atoms with van der Waals surface area (Å²) in [5.74, 6) is 7.34. The molecule has 0 unspecified atom stereocenters. The van der Waals surface area contributed by atoms with Gasteiger partial charge in [0.2, 0.25) is 0 Å². The Morgan fingerprint density at radius 2 is 1.72 bits per heavy atom. The third kappa shape index (κ3) is 3.30. The van der Waals surface area contributed by atoms with Gasteiger partial charge in [-0.2, -0.15) is 0 Å². The van der Waals surface area contributed by atoms with Crippen molar-refractivity contribution in [3.63, 3.8) is 0 Å². The number of nitrogens with zero attached hydrogens (tertiary/aromatic N) is 2. The predicted octanol–water partition coefficient (Wildman–Crippen LogP) is 1.34. The molecule has 6 heteroatoms. The molecule has 0 radical (unpaired) electrons. The van der Waals surface area contributed by atoms with Crippen LogP contribution in [-0.2, 0) is 0 Å². The lowest BCUT2D eigenvalue weighted by Gasteiger charge is -2.26. The SMILES string of the molecule is CCC(O)(CC)CNc1nc(C)nc(NN)c1C. The molecular weight excluding hydrogens is 230 g/mol. The number of hydrogen-bond donors (Lipinski definition) is 4. The number of aromatic nitrogens is 2. The Labute approximate surface area is 108 Å². The highest BCUT2D eigenvalue weighted by molar-refractivity contribution is 5.56. The van der Waals surface area contributed by atoms with Crippen LogP contribution in [0, 0.1) is 13.8 Å². The number of hydrazine groups is 1. The summed E-state index contributed by atoms with van der Waals surface area (Å²) < 4.78 is 0. The van der Waals surface area contributed by atoms with E-state index in [0.29, 0.717) is 36.8 Å². The van der Waals surface area contributed by atoms with Crippen LogP contribution in [0.1, 0.15) is 38.1 Å². The lowest BCUT2D eigenvalue weighted by Crippen LogP contribution is -2.35. The second-order valence-corrected chi connectivity index (χ2v) is 4.52. The highest BCUT2D eigenvalue weighted by atomic mass is 16.3. The van der Waals surface area contributed by atoms with E-state index >= 15 is 0 Å². The molecule has 1 aromatic rings. The van der Waals surface area contributed by atoms with Gasteiger partial charge in [0.15, 0.2) is 0 Å². The average Bonchev–Trinajstić information content (AvgIpc) is 2.38. The van der Waals surface area contributed by atoms with Crippen molar-refractivity contribution in [1.29, 1.82) is 0 Å². The maximum atomic E-state index is 10.2. The van der Waals surface area contributed by atoms with Gasteiger partial charge in [0.25, 0.3) is 0 Å². The fraction of sp³-hybridized carbons (Fsp3) is 0.667. The summed E-state index contributed by atoms with van der Waals surface area (Å²) in [4.78, 5) is 8.51. The van der Waals surface area contributed by atoms with Gasteiger partial charge in [-0.3, -0.25) is 0 Å². The molecule has 0 atom stereocenters. The van der Waals surface area contributed by atoms with Crippen molar-refractivity contribution < 1.29 is 5.11 Å². The van der Waals surface area contributed by atoms with E-state index < -0.39 is 5.60 Å². The Balaban J connectivity index is 2.88. The number of nitrogen functional groups attached to an aromatic ring is 1. The molecule has 0 saturated carbocycles. The Bertz CT molecular complexity index is 404. The van der Waals surface area contributed by atoms with Gasteiger partial charge in [-0.15, -0.1) is 0 Å². The number of aliphatic hydroxyl groups is 1. The largest absolute Gasteiger partial charge is 0.388 e. The van der Waals surface area contributed by atoms with Gasteiger partial charge >= 0.3 is 0 Å². The van der Waals surface area contributed by atoms with Gasteiger partial charge < -0.3 is 15.8 Å². The number of aryl methyl sites for hydroxylation is 1. The van der Waals surface area contributed by atoms with Gasteiger partial charge in [0.05, 0.1) is 5.60 Å². The molecule has 1 aromatic heterocycles. The number of hydrogen-bond acceptors (Lipinski definition) is 6. The Kier molecular flexibility index (Phi) is 4.86. The molecule has 0 amide bonds. The molecule has 18 heavy (non-hydrogen) atoms. The molecular formula is C12H23N5O. The summed E-state index contributed by atoms with van der Waals surface area (Å²) >= 11 is 0. The molecule has 0 saturated heterocycles. The van der Waals surface area contributed by atoms with Crippen molar-refractivity contribution in [3.05, 3.63) is 11.4 Å². The third-order valence-corrected chi connectivity index (χ3v) is 3.30. The molecule has 0 aliphatic carbocycles. The summed E-state index contributed by atoms with van der Waals surface area (Å²) in [5, 5.41) is 13.4. The summed E-state index contributed by atoms with van der Waals surface area (Å²) in [6.07, 6.45) is 1.39. The van der Waals surface area contributed by atoms with Crippen LogP contribution in [0.3, 0.4) is 0 Å². The van der Waals surface area contributed by atoms with Crippen LogP contribution in [0.5, 0.6) is 0 Å². The van der Waals surface area contributed by atoms with E-state index in [1.54, 1.807) is 6.92 Å². The van der Waals surface area contributed by atoms with Crippen LogP contribution in [0.4, 0.5) is 11.6 Å². The lowest BCUT2D eigenvalue weighted by atomic mass is 9.97. The summed E-state index contributed by atoms with van der Waals surface area (Å²) in [5.41, 5.74) is 2.69. The molecule has 0 aliphatic rings. The monoisotopic (exact) mass is 253 g/mol. The smallest absolute Gasteiger partial charge is 0.148 e. The summed E-state index contributed by atoms with van der Waals surface area (Å²) in [7, 11) is 0. The number of rotatable bonds is 6. The molecule has 0 bridgehead atoms.